The van der Waals surface area contributed by atoms with Gasteiger partial charge in [-0.1, -0.05) is 6.07 Å². The van der Waals surface area contributed by atoms with E-state index >= 15 is 0 Å². The molecule has 0 spiro atoms. The molecule has 1 unspecified atom stereocenters. The van der Waals surface area contributed by atoms with Gasteiger partial charge >= 0.3 is 0 Å². The summed E-state index contributed by atoms with van der Waals surface area (Å²) < 4.78 is 1.93. The van der Waals surface area contributed by atoms with Crippen LogP contribution in [0.2, 0.25) is 0 Å². The highest BCUT2D eigenvalue weighted by molar-refractivity contribution is 5.40. The second-order valence-electron chi connectivity index (χ2n) is 4.89. The lowest BCUT2D eigenvalue weighted by Crippen LogP contribution is -2.22. The smallest absolute Gasteiger partial charge is 0.117 e. The van der Waals surface area contributed by atoms with Crippen molar-refractivity contribution in [2.24, 2.45) is 11.7 Å². The lowest BCUT2D eigenvalue weighted by atomic mass is 9.88. The standard InChI is InChI=1S/C14H17N3O/c15-8-10-4-5-14-11(6-10)9-16-17(14)12-2-1-3-13(18)7-12/h1-3,7,9-10,18H,4-6,8,15H2. The first-order valence-corrected chi connectivity index (χ1v) is 6.33. The lowest BCUT2D eigenvalue weighted by Gasteiger charge is -2.21. The molecule has 1 aromatic carbocycles. The van der Waals surface area contributed by atoms with Gasteiger partial charge in [-0.25, -0.2) is 4.68 Å². The minimum absolute atomic E-state index is 0.271. The molecule has 0 fully saturated rings. The molecule has 0 bridgehead atoms. The summed E-state index contributed by atoms with van der Waals surface area (Å²) in [6, 6.07) is 7.21. The molecule has 4 heteroatoms. The van der Waals surface area contributed by atoms with Gasteiger partial charge < -0.3 is 10.8 Å². The van der Waals surface area contributed by atoms with E-state index in [9.17, 15) is 5.11 Å². The van der Waals surface area contributed by atoms with E-state index in [4.69, 9.17) is 5.73 Å². The fraction of sp³-hybridized carbons (Fsp3) is 0.357. The molecule has 1 atom stereocenters. The first-order valence-electron chi connectivity index (χ1n) is 6.33. The van der Waals surface area contributed by atoms with Crippen LogP contribution in [0.1, 0.15) is 17.7 Å². The fourth-order valence-electron chi connectivity index (χ4n) is 2.65. The Hall–Kier alpha value is -1.81. The van der Waals surface area contributed by atoms with E-state index in [0.29, 0.717) is 5.92 Å². The third kappa shape index (κ3) is 1.88. The number of phenolic OH excluding ortho intramolecular Hbond substituents is 1. The molecule has 18 heavy (non-hydrogen) atoms. The van der Waals surface area contributed by atoms with Gasteiger partial charge in [0, 0.05) is 11.8 Å². The fourth-order valence-corrected chi connectivity index (χ4v) is 2.65. The molecule has 1 heterocycles. The summed E-state index contributed by atoms with van der Waals surface area (Å²) >= 11 is 0. The Bertz CT molecular complexity index is 562. The predicted molar refractivity (Wildman–Crippen MR) is 69.8 cm³/mol. The quantitative estimate of drug-likeness (QED) is 0.842. The van der Waals surface area contributed by atoms with Crippen molar-refractivity contribution in [1.29, 1.82) is 0 Å². The largest absolute Gasteiger partial charge is 0.508 e. The third-order valence-electron chi connectivity index (χ3n) is 3.66. The van der Waals surface area contributed by atoms with E-state index in [1.54, 1.807) is 12.1 Å². The Morgan fingerprint density at radius 2 is 2.33 bits per heavy atom. The summed E-state index contributed by atoms with van der Waals surface area (Å²) in [6.07, 6.45) is 5.08. The Morgan fingerprint density at radius 1 is 1.44 bits per heavy atom. The van der Waals surface area contributed by atoms with Crippen LogP contribution in [0, 0.1) is 5.92 Å². The number of hydrogen-bond acceptors (Lipinski definition) is 3. The molecule has 0 amide bonds. The van der Waals surface area contributed by atoms with E-state index in [1.165, 1.54) is 11.3 Å². The zero-order valence-corrected chi connectivity index (χ0v) is 10.2. The number of aromatic hydroxyl groups is 1. The number of benzene rings is 1. The molecule has 2 aromatic rings. The molecular formula is C14H17N3O. The van der Waals surface area contributed by atoms with Crippen molar-refractivity contribution < 1.29 is 5.11 Å². The Morgan fingerprint density at radius 3 is 3.11 bits per heavy atom. The van der Waals surface area contributed by atoms with E-state index < -0.39 is 0 Å². The van der Waals surface area contributed by atoms with Crippen LogP contribution in [-0.2, 0) is 12.8 Å². The number of nitrogens with zero attached hydrogens (tertiary/aromatic N) is 2. The summed E-state index contributed by atoms with van der Waals surface area (Å²) in [5, 5.41) is 14.0. The molecule has 0 saturated heterocycles. The van der Waals surface area contributed by atoms with Crippen molar-refractivity contribution >= 4 is 0 Å². The summed E-state index contributed by atoms with van der Waals surface area (Å²) in [7, 11) is 0. The molecule has 1 aromatic heterocycles. The van der Waals surface area contributed by atoms with Crippen LogP contribution in [0.5, 0.6) is 5.75 Å². The molecule has 0 radical (unpaired) electrons. The summed E-state index contributed by atoms with van der Waals surface area (Å²) in [5.74, 6) is 0.853. The topological polar surface area (TPSA) is 64.1 Å². The molecule has 3 N–H and O–H groups in total. The maximum atomic E-state index is 9.54. The molecule has 0 aliphatic heterocycles. The maximum Gasteiger partial charge on any atom is 0.117 e. The highest BCUT2D eigenvalue weighted by Gasteiger charge is 2.21. The third-order valence-corrected chi connectivity index (χ3v) is 3.66. The zero-order valence-electron chi connectivity index (χ0n) is 10.2. The molecule has 1 aliphatic carbocycles. The van der Waals surface area contributed by atoms with Gasteiger partial charge in [0.15, 0.2) is 0 Å². The Labute approximate surface area is 106 Å². The second-order valence-corrected chi connectivity index (χ2v) is 4.89. The van der Waals surface area contributed by atoms with Gasteiger partial charge in [-0.05, 0) is 49.4 Å². The molecular weight excluding hydrogens is 226 g/mol. The monoisotopic (exact) mass is 243 g/mol. The van der Waals surface area contributed by atoms with E-state index in [-0.39, 0.29) is 5.75 Å². The first kappa shape index (κ1) is 11.3. The van der Waals surface area contributed by atoms with Crippen molar-refractivity contribution in [3.05, 3.63) is 41.7 Å². The van der Waals surface area contributed by atoms with Crippen molar-refractivity contribution in [3.8, 4) is 11.4 Å². The number of nitrogens with two attached hydrogens (primary N) is 1. The van der Waals surface area contributed by atoms with Crippen LogP contribution in [0.4, 0.5) is 0 Å². The van der Waals surface area contributed by atoms with Gasteiger partial charge in [-0.15, -0.1) is 0 Å². The van der Waals surface area contributed by atoms with Gasteiger partial charge in [-0.3, -0.25) is 0 Å². The molecule has 4 nitrogen and oxygen atoms in total. The van der Waals surface area contributed by atoms with Gasteiger partial charge in [-0.2, -0.15) is 5.10 Å². The van der Waals surface area contributed by atoms with Crippen LogP contribution in [0.3, 0.4) is 0 Å². The van der Waals surface area contributed by atoms with Crippen molar-refractivity contribution in [2.45, 2.75) is 19.3 Å². The van der Waals surface area contributed by atoms with Crippen LogP contribution in [0.15, 0.2) is 30.5 Å². The Kier molecular flexibility index (Phi) is 2.80. The summed E-state index contributed by atoms with van der Waals surface area (Å²) in [5.41, 5.74) is 9.20. The van der Waals surface area contributed by atoms with E-state index in [1.807, 2.05) is 23.0 Å². The minimum Gasteiger partial charge on any atom is -0.508 e. The zero-order chi connectivity index (χ0) is 12.5. The van der Waals surface area contributed by atoms with Crippen LogP contribution < -0.4 is 5.73 Å². The van der Waals surface area contributed by atoms with Gasteiger partial charge in [0.25, 0.3) is 0 Å². The minimum atomic E-state index is 0.271. The van der Waals surface area contributed by atoms with Crippen molar-refractivity contribution in [2.75, 3.05) is 6.54 Å². The summed E-state index contributed by atoms with van der Waals surface area (Å²) in [4.78, 5) is 0. The van der Waals surface area contributed by atoms with Crippen LogP contribution in [-0.4, -0.2) is 21.4 Å². The lowest BCUT2D eigenvalue weighted by molar-refractivity contribution is 0.461. The predicted octanol–water partition coefficient (Wildman–Crippen LogP) is 1.64. The average molecular weight is 243 g/mol. The van der Waals surface area contributed by atoms with Crippen LogP contribution >= 0.6 is 0 Å². The maximum absolute atomic E-state index is 9.54. The number of rotatable bonds is 2. The molecule has 1 aliphatic rings. The van der Waals surface area contributed by atoms with Gasteiger partial charge in [0.2, 0.25) is 0 Å². The van der Waals surface area contributed by atoms with E-state index in [2.05, 4.69) is 5.10 Å². The number of phenols is 1. The average Bonchev–Trinajstić information content (AvgIpc) is 2.81. The van der Waals surface area contributed by atoms with Gasteiger partial charge in [0.1, 0.15) is 5.75 Å². The normalized spacial score (nSPS) is 18.6. The first-order chi connectivity index (χ1) is 8.78. The number of fused-ring (bicyclic) bond motifs is 1. The van der Waals surface area contributed by atoms with Crippen LogP contribution in [0.25, 0.3) is 5.69 Å². The second kappa shape index (κ2) is 4.46. The van der Waals surface area contributed by atoms with Crippen molar-refractivity contribution in [1.82, 2.24) is 9.78 Å². The van der Waals surface area contributed by atoms with Gasteiger partial charge in [0.05, 0.1) is 11.9 Å². The number of hydrogen-bond donors (Lipinski definition) is 2. The van der Waals surface area contributed by atoms with Crippen molar-refractivity contribution in [3.63, 3.8) is 0 Å². The highest BCUT2D eigenvalue weighted by atomic mass is 16.3. The molecule has 94 valence electrons. The summed E-state index contributed by atoms with van der Waals surface area (Å²) in [6.45, 7) is 0.747. The molecule has 0 saturated carbocycles. The highest BCUT2D eigenvalue weighted by Crippen LogP contribution is 2.27. The molecule has 3 rings (SSSR count). The SMILES string of the molecule is NCC1CCc2c(cnn2-c2cccc(O)c2)C1. The Balaban J connectivity index is 1.98. The van der Waals surface area contributed by atoms with E-state index in [0.717, 1.165) is 31.5 Å². The number of aromatic nitrogens is 2.